The highest BCUT2D eigenvalue weighted by molar-refractivity contribution is 5.97. The van der Waals surface area contributed by atoms with Crippen LogP contribution in [0.4, 0.5) is 0 Å². The van der Waals surface area contributed by atoms with E-state index in [-0.39, 0.29) is 5.41 Å². The van der Waals surface area contributed by atoms with Crippen LogP contribution in [0.5, 0.6) is 0 Å². The van der Waals surface area contributed by atoms with Crippen molar-refractivity contribution < 1.29 is 0 Å². The van der Waals surface area contributed by atoms with Gasteiger partial charge in [-0.05, 0) is 86.2 Å². The first-order valence-electron chi connectivity index (χ1n) is 25.3. The van der Waals surface area contributed by atoms with Crippen LogP contribution >= 0.6 is 0 Å². The maximum Gasteiger partial charge on any atom is 0.164 e. The van der Waals surface area contributed by atoms with Gasteiger partial charge in [-0.3, -0.25) is 0 Å². The second-order valence-corrected chi connectivity index (χ2v) is 20.2. The maximum absolute atomic E-state index is 5.45. The predicted molar refractivity (Wildman–Crippen MR) is 287 cm³/mol. The lowest BCUT2D eigenvalue weighted by Gasteiger charge is -2.46. The standard InChI is InChI=1S/C66H53N5/c1-65(2)53-29-15-17-31-55(53)66(56-32-18-16-30-54(56)65)52-39-38-49(59-42-58(46-22-9-4-10-23-46)67-62(68-59)47-24-11-5-12-25-47)41-51(52)61-50(28-19-33-57(61)66)64-70-60(69-63(71-64)48-26-13-6-14-27-48)40-43-34-36-45(37-35-43)44-20-7-3-8-21-44/h3,5-8,11-21,24-39,41-42,46H,4,9-10,22-23,40H2,1-2H3. The molecule has 5 nitrogen and oxygen atoms in total. The summed E-state index contributed by atoms with van der Waals surface area (Å²) < 4.78 is 0. The van der Waals surface area contributed by atoms with Crippen molar-refractivity contribution in [1.29, 1.82) is 0 Å². The van der Waals surface area contributed by atoms with Crippen LogP contribution in [0, 0.1) is 0 Å². The van der Waals surface area contributed by atoms with E-state index < -0.39 is 5.41 Å². The lowest BCUT2D eigenvalue weighted by atomic mass is 9.55. The summed E-state index contributed by atoms with van der Waals surface area (Å²) in [4.78, 5) is 26.8. The molecule has 0 saturated heterocycles. The molecular formula is C66H53N5. The topological polar surface area (TPSA) is 64.5 Å². The Kier molecular flexibility index (Phi) is 10.5. The molecule has 2 aromatic heterocycles. The van der Waals surface area contributed by atoms with Crippen molar-refractivity contribution in [3.05, 3.63) is 257 Å². The molecule has 0 radical (unpaired) electrons. The first-order valence-corrected chi connectivity index (χ1v) is 25.3. The third-order valence-corrected chi connectivity index (χ3v) is 15.6. The molecule has 10 aromatic rings. The van der Waals surface area contributed by atoms with Crippen LogP contribution in [0.25, 0.3) is 67.7 Å². The molecule has 5 heteroatoms. The Hall–Kier alpha value is -8.15. The maximum atomic E-state index is 5.45. The zero-order valence-electron chi connectivity index (χ0n) is 40.2. The lowest BCUT2D eigenvalue weighted by Crippen LogP contribution is -2.40. The molecule has 1 spiro atoms. The Morgan fingerprint density at radius 1 is 0.394 bits per heavy atom. The number of hydrogen-bond acceptors (Lipinski definition) is 5. The second-order valence-electron chi connectivity index (χ2n) is 20.2. The van der Waals surface area contributed by atoms with Crippen molar-refractivity contribution in [3.63, 3.8) is 0 Å². The summed E-state index contributed by atoms with van der Waals surface area (Å²) in [6, 6.07) is 74.6. The first kappa shape index (κ1) is 42.9. The van der Waals surface area contributed by atoms with E-state index in [0.717, 1.165) is 74.8 Å². The highest BCUT2D eigenvalue weighted by Gasteiger charge is 2.54. The zero-order valence-corrected chi connectivity index (χ0v) is 40.2. The van der Waals surface area contributed by atoms with Crippen LogP contribution < -0.4 is 0 Å². The number of benzene rings is 8. The average molecular weight is 916 g/mol. The van der Waals surface area contributed by atoms with Gasteiger partial charge in [0, 0.05) is 45.7 Å². The van der Waals surface area contributed by atoms with E-state index in [9.17, 15) is 0 Å². The van der Waals surface area contributed by atoms with Gasteiger partial charge in [-0.1, -0.05) is 227 Å². The molecule has 2 heterocycles. The van der Waals surface area contributed by atoms with E-state index in [4.69, 9.17) is 24.9 Å². The van der Waals surface area contributed by atoms with Gasteiger partial charge in [0.05, 0.1) is 11.1 Å². The highest BCUT2D eigenvalue weighted by Crippen LogP contribution is 2.63. The molecule has 0 amide bonds. The van der Waals surface area contributed by atoms with Gasteiger partial charge in [0.15, 0.2) is 17.5 Å². The van der Waals surface area contributed by atoms with Crippen LogP contribution in [-0.2, 0) is 17.3 Å². The van der Waals surface area contributed by atoms with Gasteiger partial charge < -0.3 is 0 Å². The minimum atomic E-state index is -0.616. The van der Waals surface area contributed by atoms with Crippen LogP contribution in [0.15, 0.2) is 206 Å². The van der Waals surface area contributed by atoms with Crippen molar-refractivity contribution in [2.75, 3.05) is 0 Å². The molecule has 1 saturated carbocycles. The summed E-state index contributed by atoms with van der Waals surface area (Å²) in [7, 11) is 0. The smallest absolute Gasteiger partial charge is 0.164 e. The summed E-state index contributed by atoms with van der Waals surface area (Å²) in [5, 5.41) is 0. The normalized spacial score (nSPS) is 15.1. The predicted octanol–water partition coefficient (Wildman–Crippen LogP) is 15.6. The Labute approximate surface area is 416 Å². The van der Waals surface area contributed by atoms with E-state index in [1.54, 1.807) is 0 Å². The number of nitrogens with zero attached hydrogens (tertiary/aromatic N) is 5. The molecule has 1 fully saturated rings. The number of aromatic nitrogens is 5. The SMILES string of the molecule is CC1(C)c2ccccc2C2(c3ccc(-c4cc(C5CCCCC5)nc(-c5ccccc5)n4)cc3-c3c(-c4nc(Cc5ccc(-c6ccccc6)cc5)nc(-c5ccccc5)n4)cccc32)c2ccccc21. The highest BCUT2D eigenvalue weighted by atomic mass is 15.0. The molecule has 3 aliphatic carbocycles. The van der Waals surface area contributed by atoms with E-state index >= 15 is 0 Å². The average Bonchev–Trinajstić information content (AvgIpc) is 3.75. The largest absolute Gasteiger partial charge is 0.233 e. The lowest BCUT2D eigenvalue weighted by molar-refractivity contribution is 0.436. The molecule has 71 heavy (non-hydrogen) atoms. The van der Waals surface area contributed by atoms with E-state index in [1.807, 2.05) is 6.07 Å². The van der Waals surface area contributed by atoms with Crippen molar-refractivity contribution >= 4 is 0 Å². The molecule has 13 rings (SSSR count). The van der Waals surface area contributed by atoms with Gasteiger partial charge in [-0.2, -0.15) is 0 Å². The fraction of sp³-hybridized carbons (Fsp3) is 0.167. The second kappa shape index (κ2) is 17.4. The Morgan fingerprint density at radius 3 is 1.58 bits per heavy atom. The van der Waals surface area contributed by atoms with E-state index in [0.29, 0.717) is 24.0 Å². The van der Waals surface area contributed by atoms with Gasteiger partial charge in [-0.15, -0.1) is 0 Å². The fourth-order valence-electron chi connectivity index (χ4n) is 12.2. The van der Waals surface area contributed by atoms with E-state index in [1.165, 1.54) is 63.8 Å². The Morgan fingerprint density at radius 2 is 0.930 bits per heavy atom. The van der Waals surface area contributed by atoms with Gasteiger partial charge >= 0.3 is 0 Å². The van der Waals surface area contributed by atoms with Crippen molar-refractivity contribution in [2.45, 2.75) is 69.1 Å². The number of hydrogen-bond donors (Lipinski definition) is 0. The third-order valence-electron chi connectivity index (χ3n) is 15.6. The van der Waals surface area contributed by atoms with Crippen molar-refractivity contribution in [2.24, 2.45) is 0 Å². The Balaban J connectivity index is 1.05. The van der Waals surface area contributed by atoms with Crippen LogP contribution in [0.1, 0.15) is 102 Å². The molecule has 0 aliphatic heterocycles. The van der Waals surface area contributed by atoms with Crippen LogP contribution in [0.2, 0.25) is 0 Å². The minimum Gasteiger partial charge on any atom is -0.233 e. The van der Waals surface area contributed by atoms with Crippen LogP contribution in [0.3, 0.4) is 0 Å². The van der Waals surface area contributed by atoms with Gasteiger partial charge in [0.1, 0.15) is 5.82 Å². The zero-order chi connectivity index (χ0) is 47.5. The van der Waals surface area contributed by atoms with Gasteiger partial charge in [-0.25, -0.2) is 24.9 Å². The molecule has 8 aromatic carbocycles. The Bertz CT molecular complexity index is 3570. The molecule has 0 bridgehead atoms. The molecule has 342 valence electrons. The summed E-state index contributed by atoms with van der Waals surface area (Å²) in [5.74, 6) is 3.23. The minimum absolute atomic E-state index is 0.226. The molecular weight excluding hydrogens is 863 g/mol. The number of fused-ring (bicyclic) bond motifs is 9. The van der Waals surface area contributed by atoms with Gasteiger partial charge in [0.25, 0.3) is 0 Å². The first-order chi connectivity index (χ1) is 34.9. The summed E-state index contributed by atoms with van der Waals surface area (Å²) in [5.41, 5.74) is 18.9. The summed E-state index contributed by atoms with van der Waals surface area (Å²) in [6.07, 6.45) is 6.62. The van der Waals surface area contributed by atoms with E-state index in [2.05, 4.69) is 214 Å². The van der Waals surface area contributed by atoms with Crippen LogP contribution in [-0.4, -0.2) is 24.9 Å². The van der Waals surface area contributed by atoms with Crippen molar-refractivity contribution in [1.82, 2.24) is 24.9 Å². The fourth-order valence-corrected chi connectivity index (χ4v) is 12.2. The quantitative estimate of drug-likeness (QED) is 0.152. The molecule has 0 unspecified atom stereocenters. The number of rotatable bonds is 8. The summed E-state index contributed by atoms with van der Waals surface area (Å²) >= 11 is 0. The monoisotopic (exact) mass is 915 g/mol. The molecule has 0 N–H and O–H groups in total. The summed E-state index contributed by atoms with van der Waals surface area (Å²) in [6.45, 7) is 4.76. The molecule has 0 atom stereocenters. The van der Waals surface area contributed by atoms with Crippen molar-refractivity contribution in [3.8, 4) is 67.7 Å². The van der Waals surface area contributed by atoms with Gasteiger partial charge in [0.2, 0.25) is 0 Å². The third kappa shape index (κ3) is 7.25. The molecule has 3 aliphatic rings.